The van der Waals surface area contributed by atoms with Gasteiger partial charge in [0, 0.05) is 12.6 Å². The molecular weight excluding hydrogens is 272 g/mol. The Morgan fingerprint density at radius 3 is 2.65 bits per heavy atom. The number of aliphatic carboxylic acids is 1. The third-order valence-electron chi connectivity index (χ3n) is 2.64. The summed E-state index contributed by atoms with van der Waals surface area (Å²) in [6.07, 6.45) is 0.378. The van der Waals surface area contributed by atoms with E-state index in [0.29, 0.717) is 12.5 Å². The number of carbonyl (C=O) groups excluding carboxylic acids is 1. The molecule has 1 aromatic rings. The number of rotatable bonds is 7. The number of carboxylic acids is 1. The number of nitrogens with one attached hydrogen (secondary N) is 1. The molecule has 2 N–H and O–H groups in total. The van der Waals surface area contributed by atoms with Crippen LogP contribution in [-0.4, -0.2) is 30.1 Å². The second kappa shape index (κ2) is 7.42. The lowest BCUT2D eigenvalue weighted by atomic mass is 10.1. The Labute approximate surface area is 114 Å². The summed E-state index contributed by atoms with van der Waals surface area (Å²) >= 11 is 0. The van der Waals surface area contributed by atoms with Crippen molar-refractivity contribution in [1.29, 1.82) is 0 Å². The Morgan fingerprint density at radius 2 is 2.10 bits per heavy atom. The molecule has 0 saturated heterocycles. The molecule has 0 bridgehead atoms. The van der Waals surface area contributed by atoms with Crippen LogP contribution in [0.3, 0.4) is 0 Å². The SMILES string of the molecule is CCC(CNC(=O)COc1ccc(F)cc1F)C(=O)O. The van der Waals surface area contributed by atoms with Crippen LogP contribution in [0.4, 0.5) is 8.78 Å². The summed E-state index contributed by atoms with van der Waals surface area (Å²) in [5.74, 6) is -4.15. The molecule has 7 heteroatoms. The molecule has 0 spiro atoms. The fraction of sp³-hybridized carbons (Fsp3) is 0.385. The van der Waals surface area contributed by atoms with Gasteiger partial charge >= 0.3 is 5.97 Å². The van der Waals surface area contributed by atoms with E-state index in [1.807, 2.05) is 0 Å². The van der Waals surface area contributed by atoms with Gasteiger partial charge in [-0.05, 0) is 18.6 Å². The first kappa shape index (κ1) is 15.9. The third kappa shape index (κ3) is 4.83. The zero-order chi connectivity index (χ0) is 15.1. The monoisotopic (exact) mass is 287 g/mol. The van der Waals surface area contributed by atoms with Gasteiger partial charge in [0.1, 0.15) is 5.82 Å². The topological polar surface area (TPSA) is 75.6 Å². The van der Waals surface area contributed by atoms with Crippen LogP contribution in [-0.2, 0) is 9.59 Å². The summed E-state index contributed by atoms with van der Waals surface area (Å²) in [4.78, 5) is 22.1. The first-order chi connectivity index (χ1) is 9.43. The van der Waals surface area contributed by atoms with Crippen molar-refractivity contribution < 1.29 is 28.2 Å². The van der Waals surface area contributed by atoms with E-state index in [1.165, 1.54) is 0 Å². The van der Waals surface area contributed by atoms with Crippen molar-refractivity contribution in [1.82, 2.24) is 5.32 Å². The fourth-order valence-electron chi connectivity index (χ4n) is 1.43. The molecule has 1 amide bonds. The second-order valence-electron chi connectivity index (χ2n) is 4.11. The van der Waals surface area contributed by atoms with Crippen LogP contribution in [0.5, 0.6) is 5.75 Å². The van der Waals surface area contributed by atoms with Crippen molar-refractivity contribution in [2.45, 2.75) is 13.3 Å². The summed E-state index contributed by atoms with van der Waals surface area (Å²) in [6.45, 7) is 1.19. The molecule has 0 fully saturated rings. The highest BCUT2D eigenvalue weighted by Gasteiger charge is 2.16. The van der Waals surface area contributed by atoms with Gasteiger partial charge < -0.3 is 15.2 Å². The maximum absolute atomic E-state index is 13.2. The lowest BCUT2D eigenvalue weighted by Crippen LogP contribution is -2.35. The molecule has 0 aromatic heterocycles. The van der Waals surface area contributed by atoms with E-state index in [9.17, 15) is 18.4 Å². The first-order valence-corrected chi connectivity index (χ1v) is 6.01. The molecule has 1 unspecified atom stereocenters. The van der Waals surface area contributed by atoms with Crippen LogP contribution < -0.4 is 10.1 Å². The van der Waals surface area contributed by atoms with Crippen LogP contribution >= 0.6 is 0 Å². The molecule has 5 nitrogen and oxygen atoms in total. The summed E-state index contributed by atoms with van der Waals surface area (Å²) in [6, 6.07) is 2.72. The number of halogens is 2. The van der Waals surface area contributed by atoms with Gasteiger partial charge in [-0.15, -0.1) is 0 Å². The molecule has 110 valence electrons. The molecule has 0 aliphatic heterocycles. The van der Waals surface area contributed by atoms with Gasteiger partial charge in [0.05, 0.1) is 5.92 Å². The highest BCUT2D eigenvalue weighted by molar-refractivity contribution is 5.78. The summed E-state index contributed by atoms with van der Waals surface area (Å²) < 4.78 is 30.7. The quantitative estimate of drug-likeness (QED) is 0.798. The summed E-state index contributed by atoms with van der Waals surface area (Å²) in [5, 5.41) is 11.2. The predicted octanol–water partition coefficient (Wildman–Crippen LogP) is 1.57. The number of ether oxygens (including phenoxy) is 1. The molecule has 1 rings (SSSR count). The normalized spacial score (nSPS) is 11.8. The molecule has 0 heterocycles. The molecule has 0 radical (unpaired) electrons. The van der Waals surface area contributed by atoms with E-state index in [4.69, 9.17) is 9.84 Å². The Morgan fingerprint density at radius 1 is 1.40 bits per heavy atom. The molecule has 0 aliphatic rings. The van der Waals surface area contributed by atoms with E-state index < -0.39 is 36.0 Å². The van der Waals surface area contributed by atoms with Crippen molar-refractivity contribution in [3.8, 4) is 5.75 Å². The number of hydrogen-bond acceptors (Lipinski definition) is 3. The lowest BCUT2D eigenvalue weighted by Gasteiger charge is -2.11. The number of hydrogen-bond donors (Lipinski definition) is 2. The van der Waals surface area contributed by atoms with Crippen molar-refractivity contribution in [3.63, 3.8) is 0 Å². The molecule has 0 aliphatic carbocycles. The van der Waals surface area contributed by atoms with E-state index in [0.717, 1.165) is 12.1 Å². The average molecular weight is 287 g/mol. The van der Waals surface area contributed by atoms with Crippen molar-refractivity contribution in [2.75, 3.05) is 13.2 Å². The van der Waals surface area contributed by atoms with Gasteiger partial charge in [0.15, 0.2) is 18.2 Å². The average Bonchev–Trinajstić information content (AvgIpc) is 2.38. The summed E-state index contributed by atoms with van der Waals surface area (Å²) in [7, 11) is 0. The standard InChI is InChI=1S/C13H15F2NO4/c1-2-8(13(18)19)6-16-12(17)7-20-11-4-3-9(14)5-10(11)15/h3-5,8H,2,6-7H2,1H3,(H,16,17)(H,18,19). The number of carbonyl (C=O) groups is 2. The van der Waals surface area contributed by atoms with Gasteiger partial charge in [-0.1, -0.05) is 6.92 Å². The largest absolute Gasteiger partial charge is 0.481 e. The van der Waals surface area contributed by atoms with E-state index in [2.05, 4.69) is 5.32 Å². The maximum atomic E-state index is 13.2. The van der Waals surface area contributed by atoms with Crippen molar-refractivity contribution in [2.24, 2.45) is 5.92 Å². The lowest BCUT2D eigenvalue weighted by molar-refractivity contribution is -0.141. The fourth-order valence-corrected chi connectivity index (χ4v) is 1.43. The summed E-state index contributed by atoms with van der Waals surface area (Å²) in [5.41, 5.74) is 0. The molecule has 20 heavy (non-hydrogen) atoms. The van der Waals surface area contributed by atoms with E-state index >= 15 is 0 Å². The van der Waals surface area contributed by atoms with Gasteiger partial charge in [0.25, 0.3) is 5.91 Å². The van der Waals surface area contributed by atoms with Crippen LogP contribution in [0.1, 0.15) is 13.3 Å². The van der Waals surface area contributed by atoms with Crippen LogP contribution in [0.2, 0.25) is 0 Å². The first-order valence-electron chi connectivity index (χ1n) is 6.01. The Bertz CT molecular complexity index is 493. The van der Waals surface area contributed by atoms with E-state index in [1.54, 1.807) is 6.92 Å². The Balaban J connectivity index is 2.41. The molecule has 0 saturated carbocycles. The van der Waals surface area contributed by atoms with Crippen molar-refractivity contribution >= 4 is 11.9 Å². The number of benzene rings is 1. The van der Waals surface area contributed by atoms with Crippen LogP contribution in [0, 0.1) is 17.6 Å². The number of amides is 1. The predicted molar refractivity (Wildman–Crippen MR) is 66.3 cm³/mol. The molecular formula is C13H15F2NO4. The highest BCUT2D eigenvalue weighted by Crippen LogP contribution is 2.17. The minimum atomic E-state index is -1.00. The molecule has 1 aromatic carbocycles. The Kier molecular flexibility index (Phi) is 5.89. The minimum Gasteiger partial charge on any atom is -0.481 e. The maximum Gasteiger partial charge on any atom is 0.308 e. The molecule has 1 atom stereocenters. The zero-order valence-corrected chi connectivity index (χ0v) is 10.9. The van der Waals surface area contributed by atoms with Gasteiger partial charge in [-0.2, -0.15) is 0 Å². The minimum absolute atomic E-state index is 0.0279. The van der Waals surface area contributed by atoms with Gasteiger partial charge in [-0.3, -0.25) is 9.59 Å². The number of carboxylic acid groups (broad SMARTS) is 1. The van der Waals surface area contributed by atoms with Crippen molar-refractivity contribution in [3.05, 3.63) is 29.8 Å². The van der Waals surface area contributed by atoms with Crippen LogP contribution in [0.15, 0.2) is 18.2 Å². The highest BCUT2D eigenvalue weighted by atomic mass is 19.1. The van der Waals surface area contributed by atoms with Gasteiger partial charge in [-0.25, -0.2) is 8.78 Å². The van der Waals surface area contributed by atoms with E-state index in [-0.39, 0.29) is 12.3 Å². The second-order valence-corrected chi connectivity index (χ2v) is 4.11. The zero-order valence-electron chi connectivity index (χ0n) is 10.9. The Hall–Kier alpha value is -2.18. The van der Waals surface area contributed by atoms with Crippen LogP contribution in [0.25, 0.3) is 0 Å². The third-order valence-corrected chi connectivity index (χ3v) is 2.64. The van der Waals surface area contributed by atoms with Gasteiger partial charge in [0.2, 0.25) is 0 Å². The smallest absolute Gasteiger partial charge is 0.308 e.